The molecule has 1 unspecified atom stereocenters. The lowest BCUT2D eigenvalue weighted by Crippen LogP contribution is -2.37. The van der Waals surface area contributed by atoms with Gasteiger partial charge in [-0.3, -0.25) is 9.59 Å². The van der Waals surface area contributed by atoms with Crippen molar-refractivity contribution in [2.75, 3.05) is 26.2 Å². The maximum atomic E-state index is 13.0. The molecular weight excluding hydrogens is 408 g/mol. The number of halogens is 1. The zero-order valence-electron chi connectivity index (χ0n) is 16.8. The van der Waals surface area contributed by atoms with E-state index in [1.165, 1.54) is 11.3 Å². The van der Waals surface area contributed by atoms with Crippen LogP contribution in [0.3, 0.4) is 0 Å². The number of carbonyl (C=O) groups excluding carboxylic acids is 2. The number of hydrogen-bond acceptors (Lipinski definition) is 5. The van der Waals surface area contributed by atoms with Crippen molar-refractivity contribution >= 4 is 40.4 Å². The first-order valence-electron chi connectivity index (χ1n) is 9.69. The second-order valence-corrected chi connectivity index (χ2v) is 8.38. The molecule has 1 N–H and O–H groups in total. The van der Waals surface area contributed by atoms with Gasteiger partial charge in [0, 0.05) is 28.6 Å². The second-order valence-electron chi connectivity index (χ2n) is 6.99. The predicted octanol–water partition coefficient (Wildman–Crippen LogP) is 4.47. The molecule has 0 saturated carbocycles. The fourth-order valence-corrected chi connectivity index (χ4v) is 4.77. The molecule has 0 radical (unpaired) electrons. The summed E-state index contributed by atoms with van der Waals surface area (Å²) < 4.78 is 0. The summed E-state index contributed by atoms with van der Waals surface area (Å²) in [5.41, 5.74) is 1.61. The van der Waals surface area contributed by atoms with Crippen molar-refractivity contribution in [3.63, 3.8) is 0 Å². The van der Waals surface area contributed by atoms with Crippen molar-refractivity contribution in [1.29, 1.82) is 0 Å². The molecule has 7 heteroatoms. The zero-order valence-corrected chi connectivity index (χ0v) is 18.4. The molecule has 1 atom stereocenters. The largest absolute Gasteiger partial charge is 0.507 e. The van der Waals surface area contributed by atoms with E-state index in [1.54, 1.807) is 29.2 Å². The highest BCUT2D eigenvalue weighted by Crippen LogP contribution is 2.42. The van der Waals surface area contributed by atoms with Gasteiger partial charge in [-0.1, -0.05) is 25.4 Å². The van der Waals surface area contributed by atoms with Gasteiger partial charge >= 0.3 is 0 Å². The van der Waals surface area contributed by atoms with Crippen LogP contribution in [0.15, 0.2) is 41.3 Å². The highest BCUT2D eigenvalue weighted by atomic mass is 35.5. The number of thiophene rings is 1. The highest BCUT2D eigenvalue weighted by molar-refractivity contribution is 7.10. The third-order valence-electron chi connectivity index (χ3n) is 5.36. The van der Waals surface area contributed by atoms with Gasteiger partial charge in [0.15, 0.2) is 0 Å². The maximum Gasteiger partial charge on any atom is 0.295 e. The number of carbonyl (C=O) groups is 2. The van der Waals surface area contributed by atoms with Crippen LogP contribution in [0.25, 0.3) is 5.76 Å². The molecule has 0 aliphatic carbocycles. The molecule has 1 aromatic carbocycles. The van der Waals surface area contributed by atoms with Crippen molar-refractivity contribution in [1.82, 2.24) is 9.80 Å². The monoisotopic (exact) mass is 432 g/mol. The van der Waals surface area contributed by atoms with Crippen LogP contribution < -0.4 is 0 Å². The first-order valence-corrected chi connectivity index (χ1v) is 10.9. The molecule has 1 amide bonds. The second kappa shape index (κ2) is 9.11. The van der Waals surface area contributed by atoms with Gasteiger partial charge in [-0.05, 0) is 61.3 Å². The summed E-state index contributed by atoms with van der Waals surface area (Å²) in [5.74, 6) is -1.37. The normalized spacial score (nSPS) is 18.8. The number of benzene rings is 1. The number of likely N-dealkylation sites (N-methyl/N-ethyl adjacent to an activating group) is 1. The van der Waals surface area contributed by atoms with Gasteiger partial charge in [-0.15, -0.1) is 11.3 Å². The molecule has 2 heterocycles. The number of aryl methyl sites for hydroxylation is 1. The Hall–Kier alpha value is -2.15. The summed E-state index contributed by atoms with van der Waals surface area (Å²) in [6, 6.07) is 7.99. The fourth-order valence-electron chi connectivity index (χ4n) is 3.60. The summed E-state index contributed by atoms with van der Waals surface area (Å²) in [5, 5.41) is 13.5. The molecule has 1 aromatic heterocycles. The predicted molar refractivity (Wildman–Crippen MR) is 117 cm³/mol. The molecule has 3 rings (SSSR count). The number of rotatable bonds is 7. The number of hydrogen-bond donors (Lipinski definition) is 1. The lowest BCUT2D eigenvalue weighted by Gasteiger charge is -2.27. The topological polar surface area (TPSA) is 60.9 Å². The lowest BCUT2D eigenvalue weighted by molar-refractivity contribution is -0.140. The first-order chi connectivity index (χ1) is 13.9. The SMILES string of the molecule is CCN(CC)CCN1C(=O)C(=O)/C(=C(\O)c2ccc(Cl)cc2)C1c1sccc1C. The summed E-state index contributed by atoms with van der Waals surface area (Å²) >= 11 is 7.44. The molecule has 154 valence electrons. The summed E-state index contributed by atoms with van der Waals surface area (Å²) in [7, 11) is 0. The Bertz CT molecular complexity index is 932. The Morgan fingerprint density at radius 2 is 1.83 bits per heavy atom. The Morgan fingerprint density at radius 3 is 2.38 bits per heavy atom. The van der Waals surface area contributed by atoms with Gasteiger partial charge in [0.25, 0.3) is 11.7 Å². The number of amides is 1. The Balaban J connectivity index is 2.07. The Morgan fingerprint density at radius 1 is 1.17 bits per heavy atom. The van der Waals surface area contributed by atoms with Crippen molar-refractivity contribution in [2.24, 2.45) is 0 Å². The molecule has 0 spiro atoms. The van der Waals surface area contributed by atoms with E-state index in [2.05, 4.69) is 18.7 Å². The number of aliphatic hydroxyl groups is 1. The molecule has 0 bridgehead atoms. The van der Waals surface area contributed by atoms with Crippen LogP contribution in [0.1, 0.15) is 35.9 Å². The Kier molecular flexibility index (Phi) is 6.77. The fraction of sp³-hybridized carbons (Fsp3) is 0.364. The quantitative estimate of drug-likeness (QED) is 0.398. The molecular formula is C22H25ClN2O3S. The molecule has 1 fully saturated rings. The van der Waals surface area contributed by atoms with Crippen LogP contribution in [0.4, 0.5) is 0 Å². The molecule has 2 aromatic rings. The van der Waals surface area contributed by atoms with Crippen molar-refractivity contribution in [3.8, 4) is 0 Å². The van der Waals surface area contributed by atoms with Crippen LogP contribution in [0, 0.1) is 6.92 Å². The van der Waals surface area contributed by atoms with Crippen molar-refractivity contribution in [2.45, 2.75) is 26.8 Å². The van der Waals surface area contributed by atoms with Gasteiger partial charge < -0.3 is 14.9 Å². The van der Waals surface area contributed by atoms with Gasteiger partial charge in [0.1, 0.15) is 5.76 Å². The van der Waals surface area contributed by atoms with Gasteiger partial charge in [0.05, 0.1) is 11.6 Å². The molecule has 1 saturated heterocycles. The summed E-state index contributed by atoms with van der Waals surface area (Å²) in [6.07, 6.45) is 0. The van der Waals surface area contributed by atoms with E-state index < -0.39 is 17.7 Å². The average Bonchev–Trinajstić information content (AvgIpc) is 3.24. The number of aliphatic hydroxyl groups excluding tert-OH is 1. The van der Waals surface area contributed by atoms with Crippen LogP contribution in [-0.4, -0.2) is 52.8 Å². The van der Waals surface area contributed by atoms with Crippen molar-refractivity contribution < 1.29 is 14.7 Å². The summed E-state index contributed by atoms with van der Waals surface area (Å²) in [6.45, 7) is 8.92. The average molecular weight is 433 g/mol. The number of Topliss-reactive ketones (excluding diaryl/α,β-unsaturated/α-hetero) is 1. The minimum Gasteiger partial charge on any atom is -0.507 e. The zero-order chi connectivity index (χ0) is 21.1. The Labute approximate surface area is 180 Å². The third kappa shape index (κ3) is 4.25. The smallest absolute Gasteiger partial charge is 0.295 e. The van der Waals surface area contributed by atoms with E-state index in [0.29, 0.717) is 23.7 Å². The standard InChI is InChI=1S/C22H25ClN2O3S/c1-4-24(5-2)11-12-25-18(21-14(3)10-13-29-21)17(20(27)22(25)28)19(26)15-6-8-16(23)9-7-15/h6-10,13,18,26H,4-5,11-12H2,1-3H3/b19-17-. The molecule has 1 aliphatic rings. The third-order valence-corrected chi connectivity index (χ3v) is 6.68. The summed E-state index contributed by atoms with van der Waals surface area (Å²) in [4.78, 5) is 30.6. The minimum absolute atomic E-state index is 0.141. The van der Waals surface area contributed by atoms with Gasteiger partial charge in [0.2, 0.25) is 0 Å². The van der Waals surface area contributed by atoms with E-state index in [1.807, 2.05) is 18.4 Å². The van der Waals surface area contributed by atoms with Gasteiger partial charge in [-0.2, -0.15) is 0 Å². The van der Waals surface area contributed by atoms with Crippen LogP contribution in [-0.2, 0) is 9.59 Å². The lowest BCUT2D eigenvalue weighted by atomic mass is 9.98. The van der Waals surface area contributed by atoms with E-state index in [0.717, 1.165) is 23.5 Å². The van der Waals surface area contributed by atoms with Crippen LogP contribution >= 0.6 is 22.9 Å². The molecule has 29 heavy (non-hydrogen) atoms. The molecule has 5 nitrogen and oxygen atoms in total. The number of nitrogens with zero attached hydrogens (tertiary/aromatic N) is 2. The van der Waals surface area contributed by atoms with Gasteiger partial charge in [-0.25, -0.2) is 0 Å². The van der Waals surface area contributed by atoms with Crippen LogP contribution in [0.2, 0.25) is 5.02 Å². The maximum absolute atomic E-state index is 13.0. The van der Waals surface area contributed by atoms with E-state index in [-0.39, 0.29) is 11.3 Å². The van der Waals surface area contributed by atoms with E-state index in [4.69, 9.17) is 11.6 Å². The highest BCUT2D eigenvalue weighted by Gasteiger charge is 2.46. The van der Waals surface area contributed by atoms with Crippen LogP contribution in [0.5, 0.6) is 0 Å². The number of likely N-dealkylation sites (tertiary alicyclic amines) is 1. The first kappa shape index (κ1) is 21.6. The van der Waals surface area contributed by atoms with E-state index in [9.17, 15) is 14.7 Å². The minimum atomic E-state index is -0.644. The number of ketones is 1. The molecule has 1 aliphatic heterocycles. The van der Waals surface area contributed by atoms with E-state index >= 15 is 0 Å². The van der Waals surface area contributed by atoms with Crippen molar-refractivity contribution in [3.05, 3.63) is 62.3 Å².